The standard InChI is InChI=1S/C19H28N4O2.2ClH/c24-18(13-17-7-4-8-20-17)21-14-19(25)23-11-9-22(10-12-23)15-16-5-2-1-3-6-16;;/h1-3,5-6,17,20H,4,7-15H2,(H,21,24);2*1H. The number of piperazine rings is 1. The molecule has 1 unspecified atom stereocenters. The Bertz CT molecular complexity index is 574. The van der Waals surface area contributed by atoms with E-state index < -0.39 is 0 Å². The average molecular weight is 417 g/mol. The van der Waals surface area contributed by atoms with E-state index in [1.807, 2.05) is 11.0 Å². The number of rotatable bonds is 6. The molecular weight excluding hydrogens is 387 g/mol. The zero-order chi connectivity index (χ0) is 17.5. The lowest BCUT2D eigenvalue weighted by molar-refractivity contribution is -0.134. The fraction of sp³-hybridized carbons (Fsp3) is 0.579. The molecule has 8 heteroatoms. The number of amides is 2. The van der Waals surface area contributed by atoms with Crippen LogP contribution in [0.2, 0.25) is 0 Å². The van der Waals surface area contributed by atoms with Crippen molar-refractivity contribution in [3.05, 3.63) is 35.9 Å². The monoisotopic (exact) mass is 416 g/mol. The minimum Gasteiger partial charge on any atom is -0.347 e. The highest BCUT2D eigenvalue weighted by molar-refractivity contribution is 5.86. The van der Waals surface area contributed by atoms with E-state index >= 15 is 0 Å². The van der Waals surface area contributed by atoms with Crippen LogP contribution in [0.3, 0.4) is 0 Å². The van der Waals surface area contributed by atoms with Gasteiger partial charge in [-0.05, 0) is 24.9 Å². The number of carbonyl (C=O) groups excluding carboxylic acids is 2. The van der Waals surface area contributed by atoms with Crippen LogP contribution in [0.25, 0.3) is 0 Å². The van der Waals surface area contributed by atoms with Crippen LogP contribution in [0.1, 0.15) is 24.8 Å². The summed E-state index contributed by atoms with van der Waals surface area (Å²) >= 11 is 0. The Morgan fingerprint density at radius 1 is 1.07 bits per heavy atom. The van der Waals surface area contributed by atoms with Crippen LogP contribution in [-0.4, -0.2) is 66.9 Å². The van der Waals surface area contributed by atoms with Gasteiger partial charge in [-0.15, -0.1) is 24.8 Å². The van der Waals surface area contributed by atoms with Gasteiger partial charge in [-0.25, -0.2) is 0 Å². The van der Waals surface area contributed by atoms with Crippen molar-refractivity contribution in [2.24, 2.45) is 0 Å². The molecule has 1 aromatic carbocycles. The largest absolute Gasteiger partial charge is 0.347 e. The van der Waals surface area contributed by atoms with Gasteiger partial charge in [-0.2, -0.15) is 0 Å². The highest BCUT2D eigenvalue weighted by atomic mass is 35.5. The van der Waals surface area contributed by atoms with E-state index in [4.69, 9.17) is 0 Å². The Morgan fingerprint density at radius 2 is 1.78 bits per heavy atom. The Labute approximate surface area is 173 Å². The number of nitrogens with zero attached hydrogens (tertiary/aromatic N) is 2. The van der Waals surface area contributed by atoms with Crippen molar-refractivity contribution in [3.63, 3.8) is 0 Å². The number of halogens is 2. The molecule has 0 spiro atoms. The summed E-state index contributed by atoms with van der Waals surface area (Å²) < 4.78 is 0. The van der Waals surface area contributed by atoms with Gasteiger partial charge in [0.05, 0.1) is 6.54 Å². The SMILES string of the molecule is Cl.Cl.O=C(CC1CCCN1)NCC(=O)N1CCN(Cc2ccccc2)CC1. The Hall–Kier alpha value is -1.34. The molecule has 0 radical (unpaired) electrons. The first-order valence-corrected chi connectivity index (χ1v) is 9.25. The van der Waals surface area contributed by atoms with Crippen molar-refractivity contribution in [1.29, 1.82) is 0 Å². The predicted molar refractivity (Wildman–Crippen MR) is 111 cm³/mol. The van der Waals surface area contributed by atoms with Gasteiger partial charge in [0.1, 0.15) is 0 Å². The van der Waals surface area contributed by atoms with Gasteiger partial charge in [0.15, 0.2) is 0 Å². The summed E-state index contributed by atoms with van der Waals surface area (Å²) in [5, 5.41) is 6.08. The lowest BCUT2D eigenvalue weighted by Gasteiger charge is -2.34. The molecule has 3 rings (SSSR count). The zero-order valence-corrected chi connectivity index (χ0v) is 17.2. The van der Waals surface area contributed by atoms with Crippen molar-refractivity contribution >= 4 is 36.6 Å². The third-order valence-corrected chi connectivity index (χ3v) is 5.00. The van der Waals surface area contributed by atoms with E-state index in [0.29, 0.717) is 6.42 Å². The summed E-state index contributed by atoms with van der Waals surface area (Å²) in [6, 6.07) is 10.7. The molecule has 2 fully saturated rings. The molecule has 0 bridgehead atoms. The lowest BCUT2D eigenvalue weighted by atomic mass is 10.1. The second-order valence-corrected chi connectivity index (χ2v) is 6.92. The second-order valence-electron chi connectivity index (χ2n) is 6.92. The first kappa shape index (κ1) is 23.7. The zero-order valence-electron chi connectivity index (χ0n) is 15.6. The Morgan fingerprint density at radius 3 is 2.41 bits per heavy atom. The van der Waals surface area contributed by atoms with Gasteiger partial charge in [-0.1, -0.05) is 30.3 Å². The van der Waals surface area contributed by atoms with Crippen molar-refractivity contribution in [3.8, 4) is 0 Å². The van der Waals surface area contributed by atoms with E-state index in [1.165, 1.54) is 5.56 Å². The number of nitrogens with one attached hydrogen (secondary N) is 2. The van der Waals surface area contributed by atoms with E-state index in [1.54, 1.807) is 0 Å². The summed E-state index contributed by atoms with van der Waals surface area (Å²) in [5.41, 5.74) is 1.30. The molecule has 2 aliphatic heterocycles. The molecule has 6 nitrogen and oxygen atoms in total. The van der Waals surface area contributed by atoms with Gasteiger partial charge in [0, 0.05) is 45.2 Å². The van der Waals surface area contributed by atoms with E-state index in [0.717, 1.165) is 52.1 Å². The van der Waals surface area contributed by atoms with Crippen molar-refractivity contribution in [2.45, 2.75) is 31.8 Å². The molecule has 2 amide bonds. The van der Waals surface area contributed by atoms with Crippen LogP contribution in [0.15, 0.2) is 30.3 Å². The smallest absolute Gasteiger partial charge is 0.242 e. The number of hydrogen-bond acceptors (Lipinski definition) is 4. The first-order chi connectivity index (χ1) is 12.2. The molecule has 2 N–H and O–H groups in total. The molecule has 2 heterocycles. The van der Waals surface area contributed by atoms with E-state index in [9.17, 15) is 9.59 Å². The Balaban J connectivity index is 0.00000182. The molecule has 152 valence electrons. The molecule has 1 atom stereocenters. The van der Waals surface area contributed by atoms with E-state index in [-0.39, 0.29) is 49.2 Å². The van der Waals surface area contributed by atoms with Crippen LogP contribution in [0.5, 0.6) is 0 Å². The van der Waals surface area contributed by atoms with Gasteiger partial charge in [0.2, 0.25) is 11.8 Å². The van der Waals surface area contributed by atoms with Crippen LogP contribution >= 0.6 is 24.8 Å². The molecule has 0 aliphatic carbocycles. The number of benzene rings is 1. The molecule has 0 saturated carbocycles. The second kappa shape index (κ2) is 12.2. The fourth-order valence-corrected chi connectivity index (χ4v) is 3.51. The van der Waals surface area contributed by atoms with Crippen LogP contribution in [-0.2, 0) is 16.1 Å². The maximum atomic E-state index is 12.3. The predicted octanol–water partition coefficient (Wildman–Crippen LogP) is 1.43. The fourth-order valence-electron chi connectivity index (χ4n) is 3.51. The third kappa shape index (κ3) is 7.66. The maximum Gasteiger partial charge on any atom is 0.242 e. The summed E-state index contributed by atoms with van der Waals surface area (Å²) in [6.07, 6.45) is 2.65. The van der Waals surface area contributed by atoms with Crippen LogP contribution < -0.4 is 10.6 Å². The summed E-state index contributed by atoms with van der Waals surface area (Å²) in [5.74, 6) is -0.0115. The average Bonchev–Trinajstić information content (AvgIpc) is 3.14. The quantitative estimate of drug-likeness (QED) is 0.735. The molecule has 0 aromatic heterocycles. The first-order valence-electron chi connectivity index (χ1n) is 9.25. The Kier molecular flexibility index (Phi) is 10.7. The molecular formula is C19H30Cl2N4O2. The minimum absolute atomic E-state index is 0. The lowest BCUT2D eigenvalue weighted by Crippen LogP contribution is -2.51. The van der Waals surface area contributed by atoms with Gasteiger partial charge >= 0.3 is 0 Å². The highest BCUT2D eigenvalue weighted by Gasteiger charge is 2.22. The molecule has 27 heavy (non-hydrogen) atoms. The van der Waals surface area contributed by atoms with Crippen LogP contribution in [0.4, 0.5) is 0 Å². The number of hydrogen-bond donors (Lipinski definition) is 2. The van der Waals surface area contributed by atoms with Gasteiger partial charge < -0.3 is 15.5 Å². The van der Waals surface area contributed by atoms with Crippen molar-refractivity contribution < 1.29 is 9.59 Å². The summed E-state index contributed by atoms with van der Waals surface area (Å²) in [4.78, 5) is 28.4. The molecule has 1 aromatic rings. The third-order valence-electron chi connectivity index (χ3n) is 5.00. The maximum absolute atomic E-state index is 12.3. The summed E-state index contributed by atoms with van der Waals surface area (Å²) in [7, 11) is 0. The summed E-state index contributed by atoms with van der Waals surface area (Å²) in [6.45, 7) is 5.24. The number of carbonyl (C=O) groups is 2. The van der Waals surface area contributed by atoms with Crippen molar-refractivity contribution in [2.75, 3.05) is 39.3 Å². The van der Waals surface area contributed by atoms with Gasteiger partial charge in [-0.3, -0.25) is 14.5 Å². The molecule has 2 aliphatic rings. The highest BCUT2D eigenvalue weighted by Crippen LogP contribution is 2.09. The van der Waals surface area contributed by atoms with E-state index in [2.05, 4.69) is 39.8 Å². The normalized spacial score (nSPS) is 19.7. The topological polar surface area (TPSA) is 64.7 Å². The van der Waals surface area contributed by atoms with Crippen LogP contribution in [0, 0.1) is 0 Å². The minimum atomic E-state index is -0.0320. The van der Waals surface area contributed by atoms with Gasteiger partial charge in [0.25, 0.3) is 0 Å². The van der Waals surface area contributed by atoms with Crippen molar-refractivity contribution in [1.82, 2.24) is 20.4 Å². The molecule has 2 saturated heterocycles.